The maximum absolute atomic E-state index is 10.7. The first-order valence-corrected chi connectivity index (χ1v) is 7.30. The molecule has 0 N–H and O–H groups in total. The summed E-state index contributed by atoms with van der Waals surface area (Å²) in [6.07, 6.45) is 1.62. The summed E-state index contributed by atoms with van der Waals surface area (Å²) in [7, 11) is 0. The molecule has 0 amide bonds. The second-order valence-corrected chi connectivity index (χ2v) is 5.26. The van der Waals surface area contributed by atoms with E-state index in [0.717, 1.165) is 27.1 Å². The van der Waals surface area contributed by atoms with Crippen LogP contribution >= 0.6 is 12.6 Å². The molecule has 0 fully saturated rings. The predicted octanol–water partition coefficient (Wildman–Crippen LogP) is 5.28. The van der Waals surface area contributed by atoms with Crippen LogP contribution in [0.5, 0.6) is 0 Å². The van der Waals surface area contributed by atoms with E-state index in [-0.39, 0.29) is 0 Å². The number of hydrogen-bond donors (Lipinski definition) is 1. The van der Waals surface area contributed by atoms with Crippen molar-refractivity contribution in [1.29, 1.82) is 0 Å². The van der Waals surface area contributed by atoms with Gasteiger partial charge in [0.25, 0.3) is 0 Å². The summed E-state index contributed by atoms with van der Waals surface area (Å²) < 4.78 is 0. The van der Waals surface area contributed by atoms with Crippen molar-refractivity contribution in [3.63, 3.8) is 0 Å². The highest BCUT2D eigenvalue weighted by Gasteiger charge is 2.11. The van der Waals surface area contributed by atoms with Crippen LogP contribution in [0.2, 0.25) is 0 Å². The first-order valence-electron chi connectivity index (χ1n) is 6.86. The number of thiol groups is 1. The van der Waals surface area contributed by atoms with E-state index < -0.39 is 0 Å². The molecule has 0 radical (unpaired) electrons. The molecule has 0 bridgehead atoms. The maximum Gasteiger partial charge on any atom is 0.240 e. The Hall–Kier alpha value is -2.61. The number of hydrogen-bond acceptors (Lipinski definition) is 3. The third-order valence-corrected chi connectivity index (χ3v) is 3.87. The maximum atomic E-state index is 10.7. The summed E-state index contributed by atoms with van der Waals surface area (Å²) in [6.45, 7) is 0. The van der Waals surface area contributed by atoms with Crippen LogP contribution in [0.1, 0.15) is 0 Å². The smallest absolute Gasteiger partial charge is 0.211 e. The van der Waals surface area contributed by atoms with Crippen LogP contribution in [0, 0.1) is 0 Å². The minimum atomic E-state index is 0.613. The molecule has 0 aliphatic rings. The van der Waals surface area contributed by atoms with Gasteiger partial charge in [0.2, 0.25) is 6.08 Å². The van der Waals surface area contributed by atoms with Crippen LogP contribution in [-0.2, 0) is 4.79 Å². The van der Waals surface area contributed by atoms with Crippen LogP contribution in [0.15, 0.2) is 82.7 Å². The van der Waals surface area contributed by atoms with Gasteiger partial charge < -0.3 is 0 Å². The minimum Gasteiger partial charge on any atom is -0.211 e. The molecule has 0 aromatic heterocycles. The molecular weight excluding hydrogens is 290 g/mol. The van der Waals surface area contributed by atoms with Gasteiger partial charge in [-0.2, -0.15) is 4.99 Å². The molecule has 0 unspecified atom stereocenters. The number of isocyanates is 1. The lowest BCUT2D eigenvalue weighted by Crippen LogP contribution is -1.86. The summed E-state index contributed by atoms with van der Waals surface area (Å²) in [6, 6.07) is 23.5. The van der Waals surface area contributed by atoms with E-state index in [4.69, 9.17) is 0 Å². The quantitative estimate of drug-likeness (QED) is 0.398. The van der Waals surface area contributed by atoms with Crippen molar-refractivity contribution < 1.29 is 4.79 Å². The molecule has 2 nitrogen and oxygen atoms in total. The highest BCUT2D eigenvalue weighted by molar-refractivity contribution is 7.80. The number of rotatable bonds is 3. The average Bonchev–Trinajstić information content (AvgIpc) is 2.56. The predicted molar refractivity (Wildman–Crippen MR) is 92.3 cm³/mol. The Bertz CT molecular complexity index is 867. The highest BCUT2D eigenvalue weighted by Crippen LogP contribution is 2.38. The van der Waals surface area contributed by atoms with Gasteiger partial charge in [-0.3, -0.25) is 0 Å². The number of para-hydroxylation sites is 1. The fourth-order valence-corrected chi connectivity index (χ4v) is 2.78. The Morgan fingerprint density at radius 3 is 1.82 bits per heavy atom. The largest absolute Gasteiger partial charge is 0.240 e. The molecule has 0 saturated carbocycles. The molecule has 3 aromatic rings. The van der Waals surface area contributed by atoms with Gasteiger partial charge in [0.15, 0.2) is 0 Å². The van der Waals surface area contributed by atoms with Crippen molar-refractivity contribution in [2.75, 3.05) is 0 Å². The molecule has 0 heterocycles. The standard InChI is InChI=1S/C19H13NOS/c21-13-20-18-11-5-3-9-16(18)14-7-1-2-8-15(14)17-10-4-6-12-19(17)22/h1-12,22H. The Labute approximate surface area is 134 Å². The van der Waals surface area contributed by atoms with Gasteiger partial charge in [-0.15, -0.1) is 12.6 Å². The molecule has 3 rings (SSSR count). The van der Waals surface area contributed by atoms with Gasteiger partial charge >= 0.3 is 0 Å². The van der Waals surface area contributed by atoms with Gasteiger partial charge in [0.1, 0.15) is 0 Å². The zero-order chi connectivity index (χ0) is 15.4. The highest BCUT2D eigenvalue weighted by atomic mass is 32.1. The summed E-state index contributed by atoms with van der Waals surface area (Å²) in [5, 5.41) is 0. The second kappa shape index (κ2) is 6.44. The van der Waals surface area contributed by atoms with E-state index in [0.29, 0.717) is 5.69 Å². The second-order valence-electron chi connectivity index (χ2n) is 4.78. The summed E-state index contributed by atoms with van der Waals surface area (Å²) in [4.78, 5) is 15.4. The zero-order valence-corrected chi connectivity index (χ0v) is 12.6. The molecular formula is C19H13NOS. The van der Waals surface area contributed by atoms with E-state index in [1.165, 1.54) is 0 Å². The first-order chi connectivity index (χ1) is 10.8. The van der Waals surface area contributed by atoms with Crippen LogP contribution < -0.4 is 0 Å². The molecule has 0 aliphatic heterocycles. The van der Waals surface area contributed by atoms with E-state index in [2.05, 4.69) is 17.6 Å². The van der Waals surface area contributed by atoms with Gasteiger partial charge in [-0.1, -0.05) is 60.7 Å². The van der Waals surface area contributed by atoms with Crippen LogP contribution in [0.4, 0.5) is 5.69 Å². The van der Waals surface area contributed by atoms with Crippen LogP contribution in [-0.4, -0.2) is 6.08 Å². The molecule has 106 valence electrons. The molecule has 22 heavy (non-hydrogen) atoms. The Kier molecular flexibility index (Phi) is 4.19. The number of carbonyl (C=O) groups excluding carboxylic acids is 1. The normalized spacial score (nSPS) is 10.0. The summed E-state index contributed by atoms with van der Waals surface area (Å²) in [5.41, 5.74) is 4.63. The monoisotopic (exact) mass is 303 g/mol. The lowest BCUT2D eigenvalue weighted by atomic mass is 9.93. The van der Waals surface area contributed by atoms with Crippen molar-refractivity contribution in [1.82, 2.24) is 0 Å². The molecule has 3 aromatic carbocycles. The Balaban J connectivity index is 2.27. The number of nitrogens with zero attached hydrogens (tertiary/aromatic N) is 1. The van der Waals surface area contributed by atoms with Crippen molar-refractivity contribution in [3.8, 4) is 22.3 Å². The van der Waals surface area contributed by atoms with Crippen molar-refractivity contribution in [2.24, 2.45) is 4.99 Å². The number of aliphatic imine (C=N–C) groups is 1. The fraction of sp³-hybridized carbons (Fsp3) is 0. The Morgan fingerprint density at radius 2 is 1.18 bits per heavy atom. The summed E-state index contributed by atoms with van der Waals surface area (Å²) in [5.74, 6) is 0. The lowest BCUT2D eigenvalue weighted by molar-refractivity contribution is 0.565. The molecule has 0 spiro atoms. The third kappa shape index (κ3) is 2.73. The van der Waals surface area contributed by atoms with Crippen LogP contribution in [0.25, 0.3) is 22.3 Å². The van der Waals surface area contributed by atoms with Gasteiger partial charge in [0.05, 0.1) is 5.69 Å². The molecule has 0 atom stereocenters. The van der Waals surface area contributed by atoms with Gasteiger partial charge in [-0.05, 0) is 28.8 Å². The third-order valence-electron chi connectivity index (χ3n) is 3.48. The van der Waals surface area contributed by atoms with Crippen molar-refractivity contribution in [3.05, 3.63) is 72.8 Å². The van der Waals surface area contributed by atoms with E-state index in [1.54, 1.807) is 6.08 Å². The van der Waals surface area contributed by atoms with Crippen molar-refractivity contribution >= 4 is 24.4 Å². The lowest BCUT2D eigenvalue weighted by Gasteiger charge is -2.13. The minimum absolute atomic E-state index is 0.613. The zero-order valence-electron chi connectivity index (χ0n) is 11.7. The van der Waals surface area contributed by atoms with Gasteiger partial charge in [-0.25, -0.2) is 4.79 Å². The van der Waals surface area contributed by atoms with E-state index in [9.17, 15) is 4.79 Å². The van der Waals surface area contributed by atoms with E-state index >= 15 is 0 Å². The number of benzene rings is 3. The molecule has 0 saturated heterocycles. The molecule has 3 heteroatoms. The fourth-order valence-electron chi connectivity index (χ4n) is 2.50. The van der Waals surface area contributed by atoms with Gasteiger partial charge in [0, 0.05) is 10.5 Å². The summed E-state index contributed by atoms with van der Waals surface area (Å²) >= 11 is 4.55. The van der Waals surface area contributed by atoms with E-state index in [1.807, 2.05) is 72.8 Å². The average molecular weight is 303 g/mol. The first kappa shape index (κ1) is 14.3. The molecule has 0 aliphatic carbocycles. The van der Waals surface area contributed by atoms with Crippen LogP contribution in [0.3, 0.4) is 0 Å². The topological polar surface area (TPSA) is 29.4 Å². The SMILES string of the molecule is O=C=Nc1ccccc1-c1ccccc1-c1ccccc1S. The Morgan fingerprint density at radius 1 is 0.682 bits per heavy atom. The van der Waals surface area contributed by atoms with Crippen molar-refractivity contribution in [2.45, 2.75) is 4.90 Å².